The third kappa shape index (κ3) is 5.93. The second kappa shape index (κ2) is 11.2. The zero-order chi connectivity index (χ0) is 24.8. The lowest BCUT2D eigenvalue weighted by Crippen LogP contribution is -2.23. The summed E-state index contributed by atoms with van der Waals surface area (Å²) in [5.74, 6) is 1.41. The first kappa shape index (κ1) is 24.6. The Balaban J connectivity index is 1.67. The van der Waals surface area contributed by atoms with Crippen molar-refractivity contribution in [3.05, 3.63) is 79.0 Å². The van der Waals surface area contributed by atoms with Gasteiger partial charge in [0.2, 0.25) is 0 Å². The Morgan fingerprint density at radius 1 is 0.857 bits per heavy atom. The Hall–Kier alpha value is -3.56. The number of carboxylic acids is 1. The molecule has 0 aliphatic carbocycles. The van der Waals surface area contributed by atoms with Gasteiger partial charge >= 0.3 is 5.97 Å². The molecule has 0 aliphatic heterocycles. The number of carboxylic acid groups (broad SMARTS) is 1. The number of ether oxygens (including phenoxy) is 2. The molecular weight excluding hydrogens is 482 g/mol. The number of fused-ring (bicyclic) bond motifs is 1. The molecule has 35 heavy (non-hydrogen) atoms. The van der Waals surface area contributed by atoms with Crippen LogP contribution >= 0.6 is 23.9 Å². The molecule has 180 valence electrons. The van der Waals surface area contributed by atoms with Crippen molar-refractivity contribution in [2.75, 3.05) is 36.4 Å². The first-order chi connectivity index (χ1) is 17.0. The molecule has 0 atom stereocenters. The average Bonchev–Trinajstić information content (AvgIpc) is 2.88. The molecule has 0 fully saturated rings. The number of rotatable bonds is 10. The van der Waals surface area contributed by atoms with Crippen LogP contribution in [0.15, 0.2) is 88.8 Å². The first-order valence-corrected chi connectivity index (χ1v) is 12.3. The fourth-order valence-corrected chi connectivity index (χ4v) is 5.24. The van der Waals surface area contributed by atoms with E-state index >= 15 is 0 Å². The fraction of sp³-hybridized carbons (Fsp3) is 0.154. The van der Waals surface area contributed by atoms with Crippen LogP contribution in [0.25, 0.3) is 10.8 Å². The molecule has 0 saturated carbocycles. The molecule has 3 aromatic carbocycles. The minimum atomic E-state index is -0.925. The molecule has 4 rings (SSSR count). The number of hydrogen-bond acceptors (Lipinski definition) is 8. The molecule has 1 aromatic heterocycles. The van der Waals surface area contributed by atoms with Gasteiger partial charge in [0.25, 0.3) is 0 Å². The maximum Gasteiger partial charge on any atom is 0.324 e. The molecule has 0 radical (unpaired) electrons. The van der Waals surface area contributed by atoms with Crippen LogP contribution < -0.4 is 18.1 Å². The van der Waals surface area contributed by atoms with Crippen LogP contribution in [-0.2, 0) is 4.79 Å². The van der Waals surface area contributed by atoms with Gasteiger partial charge in [0.05, 0.1) is 26.1 Å². The number of carbonyl (C=O) groups is 1. The van der Waals surface area contributed by atoms with E-state index in [9.17, 15) is 9.90 Å². The minimum Gasteiger partial charge on any atom is -0.497 e. The van der Waals surface area contributed by atoms with Crippen LogP contribution in [0, 0.1) is 0 Å². The highest BCUT2D eigenvalue weighted by Crippen LogP contribution is 2.39. The molecule has 0 saturated heterocycles. The third-order valence-corrected chi connectivity index (χ3v) is 7.13. The van der Waals surface area contributed by atoms with Crippen molar-refractivity contribution < 1.29 is 19.4 Å². The summed E-state index contributed by atoms with van der Waals surface area (Å²) in [6.07, 6.45) is 1.74. The summed E-state index contributed by atoms with van der Waals surface area (Å²) in [7, 11) is 5.22. The average molecular weight is 508 g/mol. The number of hydrogen-bond donors (Lipinski definition) is 1. The van der Waals surface area contributed by atoms with E-state index in [0.29, 0.717) is 0 Å². The number of aromatic nitrogens is 1. The van der Waals surface area contributed by atoms with Crippen LogP contribution in [-0.4, -0.2) is 43.9 Å². The second-order valence-corrected chi connectivity index (χ2v) is 9.77. The maximum atomic E-state index is 11.7. The van der Waals surface area contributed by atoms with E-state index in [2.05, 4.69) is 0 Å². The van der Waals surface area contributed by atoms with E-state index < -0.39 is 5.97 Å². The van der Waals surface area contributed by atoms with Crippen LogP contribution in [0.1, 0.15) is 0 Å². The Kier molecular flexibility index (Phi) is 7.89. The SMILES string of the molecule is COc1ccc(SN(C)c2ncc(N(CC(=O)O)Sc3ccc(OC)cc3)c3ccccc23)cc1. The van der Waals surface area contributed by atoms with Gasteiger partial charge in [-0.1, -0.05) is 24.3 Å². The van der Waals surface area contributed by atoms with Crippen LogP contribution in [0.2, 0.25) is 0 Å². The van der Waals surface area contributed by atoms with Crippen molar-refractivity contribution in [1.29, 1.82) is 0 Å². The van der Waals surface area contributed by atoms with Crippen molar-refractivity contribution in [2.24, 2.45) is 0 Å². The number of anilines is 2. The predicted molar refractivity (Wildman–Crippen MR) is 143 cm³/mol. The van der Waals surface area contributed by atoms with Gasteiger partial charge in [0, 0.05) is 27.6 Å². The molecule has 0 spiro atoms. The Morgan fingerprint density at radius 3 is 1.94 bits per heavy atom. The fourth-order valence-electron chi connectivity index (χ4n) is 3.50. The van der Waals surface area contributed by atoms with Gasteiger partial charge in [0.15, 0.2) is 0 Å². The number of nitrogens with zero attached hydrogens (tertiary/aromatic N) is 3. The van der Waals surface area contributed by atoms with Gasteiger partial charge in [-0.2, -0.15) is 0 Å². The van der Waals surface area contributed by atoms with Gasteiger partial charge in [0.1, 0.15) is 23.9 Å². The Bertz CT molecular complexity index is 1300. The molecule has 7 nitrogen and oxygen atoms in total. The third-order valence-electron chi connectivity index (χ3n) is 5.18. The lowest BCUT2D eigenvalue weighted by molar-refractivity contribution is -0.135. The van der Waals surface area contributed by atoms with Crippen LogP contribution in [0.4, 0.5) is 11.5 Å². The normalized spacial score (nSPS) is 10.7. The smallest absolute Gasteiger partial charge is 0.324 e. The zero-order valence-corrected chi connectivity index (χ0v) is 21.2. The van der Waals surface area contributed by atoms with Gasteiger partial charge in [-0.15, -0.1) is 0 Å². The highest BCUT2D eigenvalue weighted by Gasteiger charge is 2.19. The van der Waals surface area contributed by atoms with E-state index in [1.807, 2.05) is 84.1 Å². The summed E-state index contributed by atoms with van der Waals surface area (Å²) >= 11 is 2.90. The summed E-state index contributed by atoms with van der Waals surface area (Å²) in [6, 6.07) is 23.3. The van der Waals surface area contributed by atoms with E-state index in [1.165, 1.54) is 11.9 Å². The quantitative estimate of drug-likeness (QED) is 0.260. The number of methoxy groups -OCH3 is 2. The van der Waals surface area contributed by atoms with E-state index in [4.69, 9.17) is 14.5 Å². The van der Waals surface area contributed by atoms with Gasteiger partial charge in [-0.3, -0.25) is 13.4 Å². The molecular formula is C26H25N3O4S2. The summed E-state index contributed by atoms with van der Waals surface area (Å²) in [5.41, 5.74) is 0.732. The second-order valence-electron chi connectivity index (χ2n) is 7.47. The van der Waals surface area contributed by atoms with Crippen molar-refractivity contribution >= 4 is 52.1 Å². The molecule has 0 amide bonds. The van der Waals surface area contributed by atoms with Crippen molar-refractivity contribution in [1.82, 2.24) is 4.98 Å². The number of benzene rings is 3. The largest absolute Gasteiger partial charge is 0.497 e. The Morgan fingerprint density at radius 2 is 1.40 bits per heavy atom. The number of aliphatic carboxylic acids is 1. The van der Waals surface area contributed by atoms with Crippen molar-refractivity contribution in [3.63, 3.8) is 0 Å². The lowest BCUT2D eigenvalue weighted by Gasteiger charge is -2.25. The highest BCUT2D eigenvalue weighted by atomic mass is 32.2. The van der Waals surface area contributed by atoms with Gasteiger partial charge in [-0.05, 0) is 72.4 Å². The molecule has 0 bridgehead atoms. The maximum absolute atomic E-state index is 11.7. The first-order valence-electron chi connectivity index (χ1n) is 10.7. The topological polar surface area (TPSA) is 75.1 Å². The van der Waals surface area contributed by atoms with E-state index in [-0.39, 0.29) is 6.54 Å². The monoisotopic (exact) mass is 507 g/mol. The molecule has 1 N–H and O–H groups in total. The Labute approximate surface area is 212 Å². The lowest BCUT2D eigenvalue weighted by atomic mass is 10.1. The summed E-state index contributed by atoms with van der Waals surface area (Å²) in [5, 5.41) is 11.5. The number of pyridine rings is 1. The molecule has 0 aliphatic rings. The van der Waals surface area contributed by atoms with E-state index in [1.54, 1.807) is 36.7 Å². The molecule has 4 aromatic rings. The summed E-state index contributed by atoms with van der Waals surface area (Å²) < 4.78 is 14.2. The van der Waals surface area contributed by atoms with Crippen molar-refractivity contribution in [2.45, 2.75) is 9.79 Å². The molecule has 1 heterocycles. The summed E-state index contributed by atoms with van der Waals surface area (Å²) in [4.78, 5) is 18.4. The molecule has 9 heteroatoms. The zero-order valence-electron chi connectivity index (χ0n) is 19.5. The highest BCUT2D eigenvalue weighted by molar-refractivity contribution is 8.01. The van der Waals surface area contributed by atoms with Crippen LogP contribution in [0.3, 0.4) is 0 Å². The predicted octanol–water partition coefficient (Wildman–Crippen LogP) is 5.99. The van der Waals surface area contributed by atoms with E-state index in [0.717, 1.165) is 43.6 Å². The van der Waals surface area contributed by atoms with Crippen molar-refractivity contribution in [3.8, 4) is 11.5 Å². The van der Waals surface area contributed by atoms with Gasteiger partial charge < -0.3 is 14.6 Å². The van der Waals surface area contributed by atoms with Gasteiger partial charge in [-0.25, -0.2) is 4.98 Å². The molecule has 0 unspecified atom stereocenters. The minimum absolute atomic E-state index is 0.182. The summed E-state index contributed by atoms with van der Waals surface area (Å²) in [6.45, 7) is -0.182. The standard InChI is InChI=1S/C26H25N3O4S2/c1-28(34-20-12-8-18(32-2)9-13-20)26-23-7-5-4-6-22(23)24(16-27-26)29(17-25(30)31)35-21-14-10-19(33-3)11-15-21/h4-16H,17H2,1-3H3,(H,30,31). The van der Waals surface area contributed by atoms with Crippen LogP contribution in [0.5, 0.6) is 11.5 Å².